The molecule has 0 bridgehead atoms. The van der Waals surface area contributed by atoms with Crippen LogP contribution in [0.25, 0.3) is 0 Å². The molecule has 0 heterocycles. The third-order valence-corrected chi connectivity index (χ3v) is 5.38. The maximum absolute atomic E-state index is 12.6. The van der Waals surface area contributed by atoms with Crippen LogP contribution in [0.4, 0.5) is 11.4 Å². The van der Waals surface area contributed by atoms with Crippen molar-refractivity contribution in [3.8, 4) is 0 Å². The molecule has 1 atom stereocenters. The molecule has 0 fully saturated rings. The number of carbonyl (C=O) groups excluding carboxylic acids is 1. The van der Waals surface area contributed by atoms with E-state index in [-0.39, 0.29) is 0 Å². The average Bonchev–Trinajstić information content (AvgIpc) is 2.44. The van der Waals surface area contributed by atoms with Gasteiger partial charge in [-0.1, -0.05) is 28.1 Å². The molecule has 0 aliphatic heterocycles. The maximum atomic E-state index is 12.6. The van der Waals surface area contributed by atoms with Gasteiger partial charge in [-0.15, -0.1) is 0 Å². The van der Waals surface area contributed by atoms with Crippen molar-refractivity contribution in [1.29, 1.82) is 0 Å². The highest BCUT2D eigenvalue weighted by atomic mass is 79.9. The van der Waals surface area contributed by atoms with Crippen molar-refractivity contribution in [2.24, 2.45) is 0 Å². The Hall–Kier alpha value is -1.86. The highest BCUT2D eigenvalue weighted by Gasteiger charge is 2.29. The normalized spacial score (nSPS) is 12.5. The van der Waals surface area contributed by atoms with E-state index >= 15 is 0 Å². The highest BCUT2D eigenvalue weighted by Crippen LogP contribution is 2.24. The first-order valence-electron chi connectivity index (χ1n) is 7.72. The molecule has 7 heteroatoms. The Labute approximate surface area is 157 Å². The monoisotopic (exact) mass is 424 g/mol. The van der Waals surface area contributed by atoms with Crippen molar-refractivity contribution < 1.29 is 13.2 Å². The minimum atomic E-state index is -3.63. The molecule has 1 N–H and O–H groups in total. The predicted octanol–water partition coefficient (Wildman–Crippen LogP) is 3.86. The van der Waals surface area contributed by atoms with E-state index in [2.05, 4.69) is 21.2 Å². The standard InChI is InChI=1S/C18H21BrN2O3S/c1-12-8-13(2)10-17(9-12)21(25(4,23)24)14(3)18(22)20-16-7-5-6-15(19)11-16/h5-11,14H,1-4H3,(H,20,22)/t14-/m0/s1. The van der Waals surface area contributed by atoms with Crippen molar-refractivity contribution in [3.05, 3.63) is 58.1 Å². The molecule has 5 nitrogen and oxygen atoms in total. The van der Waals surface area contributed by atoms with E-state index in [1.54, 1.807) is 37.3 Å². The molecule has 0 spiro atoms. The number of carbonyl (C=O) groups is 1. The van der Waals surface area contributed by atoms with Gasteiger partial charge in [0, 0.05) is 10.2 Å². The number of benzene rings is 2. The van der Waals surface area contributed by atoms with Crippen molar-refractivity contribution in [3.63, 3.8) is 0 Å². The number of hydrogen-bond acceptors (Lipinski definition) is 3. The SMILES string of the molecule is Cc1cc(C)cc(N([C@@H](C)C(=O)Nc2cccc(Br)c2)S(C)(=O)=O)c1. The number of rotatable bonds is 5. The van der Waals surface area contributed by atoms with E-state index in [4.69, 9.17) is 0 Å². The van der Waals surface area contributed by atoms with Crippen LogP contribution in [0, 0.1) is 13.8 Å². The van der Waals surface area contributed by atoms with Gasteiger partial charge in [0.15, 0.2) is 0 Å². The van der Waals surface area contributed by atoms with Gasteiger partial charge in [0.1, 0.15) is 6.04 Å². The smallest absolute Gasteiger partial charge is 0.247 e. The zero-order valence-electron chi connectivity index (χ0n) is 14.6. The van der Waals surface area contributed by atoms with Gasteiger partial charge in [-0.2, -0.15) is 0 Å². The summed E-state index contributed by atoms with van der Waals surface area (Å²) in [5.41, 5.74) is 2.95. The Morgan fingerprint density at radius 2 is 1.72 bits per heavy atom. The Morgan fingerprint density at radius 1 is 1.12 bits per heavy atom. The lowest BCUT2D eigenvalue weighted by Crippen LogP contribution is -2.45. The molecule has 0 aromatic heterocycles. The molecule has 0 saturated heterocycles. The van der Waals surface area contributed by atoms with Gasteiger partial charge in [-0.3, -0.25) is 9.10 Å². The first kappa shape index (κ1) is 19.5. The molecule has 1 amide bonds. The van der Waals surface area contributed by atoms with Crippen molar-refractivity contribution >= 4 is 43.2 Å². The molecule has 0 aliphatic rings. The number of aryl methyl sites for hydroxylation is 2. The second-order valence-corrected chi connectivity index (χ2v) is 8.86. The summed E-state index contributed by atoms with van der Waals surface area (Å²) in [5, 5.41) is 2.76. The van der Waals surface area contributed by atoms with Crippen LogP contribution in [0.5, 0.6) is 0 Å². The Bertz CT molecular complexity index is 877. The van der Waals surface area contributed by atoms with E-state index in [1.807, 2.05) is 26.0 Å². The van der Waals surface area contributed by atoms with Crippen LogP contribution in [-0.4, -0.2) is 26.6 Å². The number of nitrogens with one attached hydrogen (secondary N) is 1. The summed E-state index contributed by atoms with van der Waals surface area (Å²) in [4.78, 5) is 12.6. The number of nitrogens with zero attached hydrogens (tertiary/aromatic N) is 1. The van der Waals surface area contributed by atoms with Crippen molar-refractivity contribution in [2.45, 2.75) is 26.8 Å². The summed E-state index contributed by atoms with van der Waals surface area (Å²) < 4.78 is 26.7. The molecular formula is C18H21BrN2O3S. The van der Waals surface area contributed by atoms with Crippen LogP contribution in [0.3, 0.4) is 0 Å². The van der Waals surface area contributed by atoms with E-state index in [1.165, 1.54) is 0 Å². The highest BCUT2D eigenvalue weighted by molar-refractivity contribution is 9.10. The Morgan fingerprint density at radius 3 is 2.24 bits per heavy atom. The topological polar surface area (TPSA) is 66.5 Å². The van der Waals surface area contributed by atoms with E-state index in [0.29, 0.717) is 11.4 Å². The van der Waals surface area contributed by atoms with Crippen LogP contribution in [0.2, 0.25) is 0 Å². The van der Waals surface area contributed by atoms with Gasteiger partial charge < -0.3 is 5.32 Å². The minimum absolute atomic E-state index is 0.400. The van der Waals surface area contributed by atoms with E-state index in [9.17, 15) is 13.2 Å². The van der Waals surface area contributed by atoms with Crippen LogP contribution in [0.15, 0.2) is 46.9 Å². The lowest BCUT2D eigenvalue weighted by Gasteiger charge is -2.28. The molecule has 2 rings (SSSR count). The largest absolute Gasteiger partial charge is 0.324 e. The predicted molar refractivity (Wildman–Crippen MR) is 105 cm³/mol. The van der Waals surface area contributed by atoms with Gasteiger partial charge in [0.2, 0.25) is 15.9 Å². The zero-order chi connectivity index (χ0) is 18.8. The molecule has 0 radical (unpaired) electrons. The Balaban J connectivity index is 2.36. The first-order valence-corrected chi connectivity index (χ1v) is 10.4. The number of amides is 1. The molecule has 0 saturated carbocycles. The first-order chi connectivity index (χ1) is 11.6. The summed E-state index contributed by atoms with van der Waals surface area (Å²) in [6, 6.07) is 11.7. The fourth-order valence-corrected chi connectivity index (χ4v) is 4.26. The average molecular weight is 425 g/mol. The second-order valence-electron chi connectivity index (χ2n) is 6.08. The van der Waals surface area contributed by atoms with Gasteiger partial charge in [0.05, 0.1) is 11.9 Å². The summed E-state index contributed by atoms with van der Waals surface area (Å²) in [6.07, 6.45) is 1.10. The summed E-state index contributed by atoms with van der Waals surface area (Å²) in [6.45, 7) is 5.36. The number of anilines is 2. The van der Waals surface area contributed by atoms with Crippen LogP contribution < -0.4 is 9.62 Å². The van der Waals surface area contributed by atoms with Crippen molar-refractivity contribution in [2.75, 3.05) is 15.9 Å². The fraction of sp³-hybridized carbons (Fsp3) is 0.278. The molecule has 0 unspecified atom stereocenters. The lowest BCUT2D eigenvalue weighted by atomic mass is 10.1. The molecular weight excluding hydrogens is 404 g/mol. The molecule has 2 aromatic carbocycles. The Kier molecular flexibility index (Phi) is 5.90. The summed E-state index contributed by atoms with van der Waals surface area (Å²) >= 11 is 3.34. The molecule has 134 valence electrons. The molecule has 0 aliphatic carbocycles. The zero-order valence-corrected chi connectivity index (χ0v) is 17.0. The lowest BCUT2D eigenvalue weighted by molar-refractivity contribution is -0.116. The van der Waals surface area contributed by atoms with E-state index in [0.717, 1.165) is 26.2 Å². The second kappa shape index (κ2) is 7.58. The van der Waals surface area contributed by atoms with Crippen LogP contribution in [0.1, 0.15) is 18.1 Å². The molecule has 25 heavy (non-hydrogen) atoms. The van der Waals surface area contributed by atoms with Crippen LogP contribution >= 0.6 is 15.9 Å². The van der Waals surface area contributed by atoms with Crippen LogP contribution in [-0.2, 0) is 14.8 Å². The van der Waals surface area contributed by atoms with Gasteiger partial charge in [-0.05, 0) is 62.2 Å². The third-order valence-electron chi connectivity index (χ3n) is 3.64. The summed E-state index contributed by atoms with van der Waals surface area (Å²) in [5.74, 6) is -0.400. The third kappa shape index (κ3) is 5.06. The minimum Gasteiger partial charge on any atom is -0.324 e. The summed E-state index contributed by atoms with van der Waals surface area (Å²) in [7, 11) is -3.63. The van der Waals surface area contributed by atoms with Gasteiger partial charge in [-0.25, -0.2) is 8.42 Å². The number of sulfonamides is 1. The van der Waals surface area contributed by atoms with E-state index < -0.39 is 22.0 Å². The quantitative estimate of drug-likeness (QED) is 0.791. The molecule has 2 aromatic rings. The van der Waals surface area contributed by atoms with Gasteiger partial charge >= 0.3 is 0 Å². The maximum Gasteiger partial charge on any atom is 0.247 e. The van der Waals surface area contributed by atoms with Gasteiger partial charge in [0.25, 0.3) is 0 Å². The van der Waals surface area contributed by atoms with Crippen molar-refractivity contribution in [1.82, 2.24) is 0 Å². The number of halogens is 1. The number of hydrogen-bond donors (Lipinski definition) is 1. The fourth-order valence-electron chi connectivity index (χ4n) is 2.70.